The van der Waals surface area contributed by atoms with Crippen LogP contribution in [0.1, 0.15) is 5.56 Å². The number of benzene rings is 1. The predicted molar refractivity (Wildman–Crippen MR) is 73.0 cm³/mol. The second kappa shape index (κ2) is 6.65. The first-order valence-electron chi connectivity index (χ1n) is 6.04. The Labute approximate surface area is 111 Å². The fourth-order valence-electron chi connectivity index (χ4n) is 1.74. The highest BCUT2D eigenvalue weighted by Crippen LogP contribution is 2.18. The quantitative estimate of drug-likeness (QED) is 0.472. The van der Waals surface area contributed by atoms with Gasteiger partial charge in [0.2, 0.25) is 0 Å². The Kier molecular flexibility index (Phi) is 4.63. The maximum absolute atomic E-state index is 10.8. The minimum absolute atomic E-state index is 0.0959. The van der Waals surface area contributed by atoms with Gasteiger partial charge in [0.05, 0.1) is 36.8 Å². The molecule has 0 unspecified atom stereocenters. The number of hydrazone groups is 1. The molecule has 1 aliphatic heterocycles. The van der Waals surface area contributed by atoms with E-state index in [-0.39, 0.29) is 5.69 Å². The summed E-state index contributed by atoms with van der Waals surface area (Å²) in [4.78, 5) is 10.4. The second-order valence-corrected chi connectivity index (χ2v) is 4.01. The van der Waals surface area contributed by atoms with Gasteiger partial charge in [0.15, 0.2) is 0 Å². The van der Waals surface area contributed by atoms with Crippen molar-refractivity contribution < 1.29 is 9.66 Å². The molecule has 1 fully saturated rings. The minimum Gasteiger partial charge on any atom is -0.378 e. The van der Waals surface area contributed by atoms with Crippen LogP contribution in [-0.4, -0.2) is 42.5 Å². The van der Waals surface area contributed by atoms with Crippen LogP contribution in [0.3, 0.4) is 0 Å². The zero-order valence-corrected chi connectivity index (χ0v) is 10.4. The average molecular weight is 261 g/mol. The van der Waals surface area contributed by atoms with Crippen LogP contribution in [-0.2, 0) is 4.74 Å². The van der Waals surface area contributed by atoms with Gasteiger partial charge in [-0.25, -0.2) is 0 Å². The summed E-state index contributed by atoms with van der Waals surface area (Å²) in [5, 5.41) is 17.0. The van der Waals surface area contributed by atoms with Crippen LogP contribution < -0.4 is 0 Å². The van der Waals surface area contributed by atoms with Crippen molar-refractivity contribution in [2.24, 2.45) is 5.10 Å². The lowest BCUT2D eigenvalue weighted by Gasteiger charge is -2.23. The Hall–Kier alpha value is -2.21. The van der Waals surface area contributed by atoms with E-state index in [2.05, 4.69) is 5.10 Å². The van der Waals surface area contributed by atoms with Crippen LogP contribution in [0, 0.1) is 10.1 Å². The smallest absolute Gasteiger partial charge is 0.276 e. The summed E-state index contributed by atoms with van der Waals surface area (Å²) < 4.78 is 5.21. The summed E-state index contributed by atoms with van der Waals surface area (Å²) in [7, 11) is 0. The molecule has 1 aliphatic rings. The number of hydrogen-bond acceptors (Lipinski definition) is 5. The van der Waals surface area contributed by atoms with Crippen LogP contribution in [0.2, 0.25) is 0 Å². The average Bonchev–Trinajstić information content (AvgIpc) is 2.45. The molecule has 100 valence electrons. The lowest BCUT2D eigenvalue weighted by molar-refractivity contribution is -0.385. The number of nitrogens with zero attached hydrogens (tertiary/aromatic N) is 3. The van der Waals surface area contributed by atoms with E-state index in [4.69, 9.17) is 4.74 Å². The zero-order chi connectivity index (χ0) is 13.5. The zero-order valence-electron chi connectivity index (χ0n) is 10.4. The number of hydrogen-bond donors (Lipinski definition) is 0. The molecule has 1 aromatic rings. The fourth-order valence-corrected chi connectivity index (χ4v) is 1.74. The lowest BCUT2D eigenvalue weighted by Crippen LogP contribution is -2.32. The molecule has 19 heavy (non-hydrogen) atoms. The van der Waals surface area contributed by atoms with E-state index in [1.54, 1.807) is 36.6 Å². The van der Waals surface area contributed by atoms with Crippen LogP contribution in [0.25, 0.3) is 6.08 Å². The SMILES string of the molecule is O=[N+]([O-])c1ccccc1/C=C/C=N/N1CCOCC1. The Balaban J connectivity index is 1.98. The molecule has 0 spiro atoms. The molecule has 6 heteroatoms. The van der Waals surface area contributed by atoms with Gasteiger partial charge in [-0.3, -0.25) is 15.1 Å². The Morgan fingerprint density at radius 2 is 2.05 bits per heavy atom. The summed E-state index contributed by atoms with van der Waals surface area (Å²) in [5.74, 6) is 0. The summed E-state index contributed by atoms with van der Waals surface area (Å²) >= 11 is 0. The third-order valence-corrected chi connectivity index (χ3v) is 2.71. The number of nitro groups is 1. The van der Waals surface area contributed by atoms with E-state index in [9.17, 15) is 10.1 Å². The van der Waals surface area contributed by atoms with Crippen molar-refractivity contribution in [2.45, 2.75) is 0 Å². The summed E-state index contributed by atoms with van der Waals surface area (Å²) in [5.41, 5.74) is 0.666. The van der Waals surface area contributed by atoms with E-state index in [0.29, 0.717) is 18.8 Å². The van der Waals surface area contributed by atoms with E-state index in [1.165, 1.54) is 6.07 Å². The maximum atomic E-state index is 10.8. The van der Waals surface area contributed by atoms with Crippen molar-refractivity contribution in [1.82, 2.24) is 5.01 Å². The molecule has 0 saturated carbocycles. The van der Waals surface area contributed by atoms with Crippen LogP contribution in [0.5, 0.6) is 0 Å². The fraction of sp³-hybridized carbons (Fsp3) is 0.308. The number of allylic oxidation sites excluding steroid dienone is 1. The molecular formula is C13H15N3O3. The molecular weight excluding hydrogens is 246 g/mol. The van der Waals surface area contributed by atoms with Gasteiger partial charge in [-0.2, -0.15) is 5.10 Å². The Morgan fingerprint density at radius 3 is 2.79 bits per heavy atom. The monoisotopic (exact) mass is 261 g/mol. The number of para-hydroxylation sites is 1. The van der Waals surface area contributed by atoms with Crippen molar-refractivity contribution >= 4 is 18.0 Å². The minimum atomic E-state index is -0.390. The third kappa shape index (κ3) is 3.89. The van der Waals surface area contributed by atoms with Crippen molar-refractivity contribution in [3.8, 4) is 0 Å². The molecule has 0 amide bonds. The van der Waals surface area contributed by atoms with Crippen molar-refractivity contribution in [1.29, 1.82) is 0 Å². The van der Waals surface area contributed by atoms with Crippen molar-refractivity contribution in [3.05, 3.63) is 46.0 Å². The van der Waals surface area contributed by atoms with Crippen LogP contribution in [0.15, 0.2) is 35.4 Å². The highest BCUT2D eigenvalue weighted by molar-refractivity contribution is 5.79. The second-order valence-electron chi connectivity index (χ2n) is 4.01. The molecule has 2 rings (SSSR count). The molecule has 6 nitrogen and oxygen atoms in total. The number of morpholine rings is 1. The largest absolute Gasteiger partial charge is 0.378 e. The van der Waals surface area contributed by atoms with Gasteiger partial charge in [-0.15, -0.1) is 0 Å². The maximum Gasteiger partial charge on any atom is 0.276 e. The number of rotatable bonds is 4. The Bertz CT molecular complexity index is 494. The molecule has 1 aromatic carbocycles. The lowest BCUT2D eigenvalue weighted by atomic mass is 10.2. The third-order valence-electron chi connectivity index (χ3n) is 2.71. The van der Waals surface area contributed by atoms with Gasteiger partial charge in [0, 0.05) is 12.3 Å². The highest BCUT2D eigenvalue weighted by Gasteiger charge is 2.09. The van der Waals surface area contributed by atoms with Gasteiger partial charge < -0.3 is 4.74 Å². The predicted octanol–water partition coefficient (Wildman–Crippen LogP) is 1.93. The summed E-state index contributed by atoms with van der Waals surface area (Å²) in [6, 6.07) is 6.61. The van der Waals surface area contributed by atoms with Crippen LogP contribution >= 0.6 is 0 Å². The first-order valence-corrected chi connectivity index (χ1v) is 6.04. The molecule has 0 radical (unpaired) electrons. The molecule has 0 aliphatic carbocycles. The molecule has 0 N–H and O–H groups in total. The number of ether oxygens (including phenoxy) is 1. The van der Waals surface area contributed by atoms with Crippen molar-refractivity contribution in [2.75, 3.05) is 26.3 Å². The van der Waals surface area contributed by atoms with E-state index >= 15 is 0 Å². The van der Waals surface area contributed by atoms with E-state index in [1.807, 2.05) is 5.01 Å². The van der Waals surface area contributed by atoms with Crippen LogP contribution in [0.4, 0.5) is 5.69 Å². The molecule has 0 aromatic heterocycles. The van der Waals surface area contributed by atoms with Gasteiger partial charge in [-0.1, -0.05) is 12.1 Å². The first-order chi connectivity index (χ1) is 9.27. The van der Waals surface area contributed by atoms with Gasteiger partial charge in [-0.05, 0) is 18.2 Å². The normalized spacial score (nSPS) is 16.3. The van der Waals surface area contributed by atoms with Gasteiger partial charge in [0.1, 0.15) is 0 Å². The Morgan fingerprint density at radius 1 is 1.32 bits per heavy atom. The molecule has 0 atom stereocenters. The standard InChI is InChI=1S/C13H15N3O3/c17-16(18)13-6-2-1-4-12(13)5-3-7-14-15-8-10-19-11-9-15/h1-7H,8-11H2/b5-3+,14-7+. The van der Waals surface area contributed by atoms with E-state index < -0.39 is 4.92 Å². The van der Waals surface area contributed by atoms with Crippen molar-refractivity contribution in [3.63, 3.8) is 0 Å². The highest BCUT2D eigenvalue weighted by atomic mass is 16.6. The molecule has 1 saturated heterocycles. The molecule has 1 heterocycles. The topological polar surface area (TPSA) is 68.0 Å². The summed E-state index contributed by atoms with van der Waals surface area (Å²) in [6.45, 7) is 2.92. The van der Waals surface area contributed by atoms with Gasteiger partial charge in [0.25, 0.3) is 5.69 Å². The first kappa shape index (κ1) is 13.2. The summed E-state index contributed by atoms with van der Waals surface area (Å²) in [6.07, 6.45) is 5.03. The van der Waals surface area contributed by atoms with E-state index in [0.717, 1.165) is 13.1 Å². The van der Waals surface area contributed by atoms with Gasteiger partial charge >= 0.3 is 0 Å². The number of nitro benzene ring substituents is 1. The molecule has 0 bridgehead atoms.